The van der Waals surface area contributed by atoms with E-state index in [0.29, 0.717) is 16.9 Å². The minimum Gasteiger partial charge on any atom is -0.603 e. The first-order valence-electron chi connectivity index (χ1n) is 22.3. The van der Waals surface area contributed by atoms with Gasteiger partial charge in [-0.05, 0) is 75.8 Å². The van der Waals surface area contributed by atoms with Crippen molar-refractivity contribution in [3.8, 4) is 22.5 Å². The summed E-state index contributed by atoms with van der Waals surface area (Å²) < 4.78 is 33.7. The Labute approximate surface area is 422 Å². The summed E-state index contributed by atoms with van der Waals surface area (Å²) in [6, 6.07) is 16.9. The molecule has 0 bridgehead atoms. The van der Waals surface area contributed by atoms with Gasteiger partial charge in [-0.2, -0.15) is 24.5 Å². The molecule has 5 atom stereocenters. The van der Waals surface area contributed by atoms with Crippen LogP contribution in [-0.4, -0.2) is 136 Å². The van der Waals surface area contributed by atoms with Gasteiger partial charge in [-0.15, -0.1) is 4.52 Å². The van der Waals surface area contributed by atoms with Crippen molar-refractivity contribution in [1.29, 1.82) is 0 Å². The highest BCUT2D eigenvalue weighted by Crippen LogP contribution is 2.72. The third kappa shape index (κ3) is 13.1. The molecule has 73 heavy (non-hydrogen) atoms. The number of aliphatic hydroxyl groups excluding tert-OH is 1. The Morgan fingerprint density at radius 1 is 0.945 bits per heavy atom. The maximum absolute atomic E-state index is 13.2. The van der Waals surface area contributed by atoms with Gasteiger partial charge in [-0.3, -0.25) is 4.57 Å². The number of benzene rings is 3. The number of carboxylic acids is 1. The molecule has 2 aromatic heterocycles. The van der Waals surface area contributed by atoms with Crippen molar-refractivity contribution in [2.24, 2.45) is 0 Å². The Kier molecular flexibility index (Phi) is 17.4. The number of amides is 1. The number of rotatable bonds is 20. The van der Waals surface area contributed by atoms with Crippen molar-refractivity contribution in [3.05, 3.63) is 78.2 Å². The van der Waals surface area contributed by atoms with Crippen LogP contribution in [0.2, 0.25) is 0 Å². The topological polar surface area (TPSA) is 393 Å². The first-order valence-corrected chi connectivity index (χ1v) is 27.3. The normalized spacial score (nSPS) is 17.9. The fourth-order valence-corrected chi connectivity index (χ4v) is 11.5. The number of hydrogen-bond acceptors (Lipinski definition) is 22. The lowest BCUT2D eigenvalue weighted by Gasteiger charge is -2.22. The molecule has 12 N–H and O–H groups in total. The molecule has 4 heterocycles. The summed E-state index contributed by atoms with van der Waals surface area (Å²) in [6.45, 7) is 10.2. The second kappa shape index (κ2) is 23.0. The number of fused-ring (bicyclic) bond motifs is 3. The summed E-state index contributed by atoms with van der Waals surface area (Å²) in [5.74, 6) is -0.635. The number of aromatic nitrogens is 4. The second-order valence-corrected chi connectivity index (χ2v) is 20.8. The molecule has 2 aliphatic heterocycles. The zero-order chi connectivity index (χ0) is 53.0. The first-order chi connectivity index (χ1) is 34.5. The highest BCUT2D eigenvalue weighted by molar-refractivity contribution is 7.80. The van der Waals surface area contributed by atoms with Crippen LogP contribution in [0, 0.1) is 0 Å². The lowest BCUT2D eigenvalue weighted by Crippen LogP contribution is -2.43. The molecule has 3 aliphatic rings. The number of aliphatic hydroxyl groups is 1. The summed E-state index contributed by atoms with van der Waals surface area (Å²) >= 11 is 5.48. The minimum atomic E-state index is -5.83. The number of alkyl carbamates (subject to hydrolysis) is 1. The molecule has 1 unspecified atom stereocenters. The van der Waals surface area contributed by atoms with E-state index in [2.05, 4.69) is 76.7 Å². The molecule has 1 aliphatic carbocycles. The van der Waals surface area contributed by atoms with Crippen molar-refractivity contribution in [2.75, 3.05) is 61.8 Å². The molecular formula is C42H53N10O17P3S+2. The SMILES string of the molecule is CCN(CC)c1ccc2c(-c3ccc(NC(=S)NCCNC(=O)O[C@H]4[C@@H](O)[C@H](n5cnc6c(N)ncnc65)O[C@@H]4CO[P+](O)(O)O[P+]([O-])(O)O[P+]([O-])(O)O)c(C(=O)O)c3)c3ccc(=[N+](CC)CC)cc-3oc2c1. The van der Waals surface area contributed by atoms with Gasteiger partial charge in [0.05, 0.1) is 28.0 Å². The average molecular weight is 1090 g/mol. The van der Waals surface area contributed by atoms with Gasteiger partial charge in [0.2, 0.25) is 5.36 Å². The van der Waals surface area contributed by atoms with E-state index >= 15 is 0 Å². The van der Waals surface area contributed by atoms with Crippen LogP contribution in [0.3, 0.4) is 0 Å². The number of anilines is 3. The molecule has 27 nitrogen and oxygen atoms in total. The molecule has 1 fully saturated rings. The molecule has 0 spiro atoms. The molecular weight excluding hydrogens is 1040 g/mol. The maximum Gasteiger partial charge on any atom is 0.615 e. The number of hydrogen-bond donors (Lipinski definition) is 11. The van der Waals surface area contributed by atoms with Crippen LogP contribution in [-0.2, 0) is 22.6 Å². The van der Waals surface area contributed by atoms with Gasteiger partial charge >= 0.3 is 36.6 Å². The standard InChI is InChI=1S/C42H51N10O17P3S/c1-5-50(6-2)24-10-12-26-30(18-24)65-31-19-25(51(7-3)8-4)11-13-27(31)33(26)23-9-14-29(28(17-23)40(54)55)49-41(73)44-15-16-45-42(56)67-36-32(20-64-71(60,61)69-72(62,63)68-70(57,58)59)66-39(35(36)53)52-22-48-34-37(43)46-21-47-38(34)52/h9-14,17-19,21-22,32,35-36,39,53,60-61H,5-8,15-16,20H2,1-4H3,(H7-,43,44,45,46,47,54,55,56,57,58,59,62,63,73)/p+2/t32-,35-,36-,39-/m1/s1. The van der Waals surface area contributed by atoms with Crippen LogP contribution < -0.4 is 46.3 Å². The number of ether oxygens (including phenoxy) is 2. The fourth-order valence-electron chi connectivity index (χ4n) is 8.17. The Hall–Kier alpha value is -5.48. The van der Waals surface area contributed by atoms with E-state index in [4.69, 9.17) is 46.2 Å². The number of nitrogen functional groups attached to an aromatic ring is 1. The Morgan fingerprint density at radius 2 is 1.67 bits per heavy atom. The molecule has 392 valence electrons. The quantitative estimate of drug-likeness (QED) is 0.0169. The molecule has 4 aromatic rings. The van der Waals surface area contributed by atoms with E-state index in [1.807, 2.05) is 36.4 Å². The van der Waals surface area contributed by atoms with Crippen LogP contribution in [0.4, 0.5) is 22.0 Å². The van der Waals surface area contributed by atoms with Crippen molar-refractivity contribution < 1.29 is 81.1 Å². The highest BCUT2D eigenvalue weighted by atomic mass is 32.1. The van der Waals surface area contributed by atoms with Crippen molar-refractivity contribution in [2.45, 2.75) is 52.2 Å². The monoisotopic (exact) mass is 1090 g/mol. The summed E-state index contributed by atoms with van der Waals surface area (Å²) in [4.78, 5) is 111. The van der Waals surface area contributed by atoms with Crippen LogP contribution in [0.5, 0.6) is 0 Å². The predicted octanol–water partition coefficient (Wildman–Crippen LogP) is 1.39. The Morgan fingerprint density at radius 3 is 2.36 bits per heavy atom. The molecule has 7 rings (SSSR count). The predicted molar refractivity (Wildman–Crippen MR) is 267 cm³/mol. The first kappa shape index (κ1) is 55.3. The van der Waals surface area contributed by atoms with Gasteiger partial charge in [0.1, 0.15) is 55.1 Å². The Balaban J connectivity index is 1.04. The number of carbonyl (C=O) groups excluding carboxylic acids is 1. The Bertz CT molecular complexity index is 3020. The van der Waals surface area contributed by atoms with Crippen molar-refractivity contribution in [3.63, 3.8) is 0 Å². The molecule has 1 saturated heterocycles. The van der Waals surface area contributed by atoms with Gasteiger partial charge in [0, 0.05) is 64.8 Å². The molecule has 2 aromatic carbocycles. The van der Waals surface area contributed by atoms with E-state index in [0.717, 1.165) is 60.1 Å². The number of aromatic carboxylic acids is 1. The van der Waals surface area contributed by atoms with E-state index in [9.17, 15) is 44.3 Å². The number of carbonyl (C=O) groups is 2. The van der Waals surface area contributed by atoms with Crippen LogP contribution in [0.15, 0.2) is 71.7 Å². The van der Waals surface area contributed by atoms with E-state index in [1.165, 1.54) is 10.9 Å². The van der Waals surface area contributed by atoms with Gasteiger partial charge < -0.3 is 60.5 Å². The number of phosphoric acid groups is 2. The molecule has 0 saturated carbocycles. The number of nitrogens with zero attached hydrogens (tertiary/aromatic N) is 6. The third-order valence-electron chi connectivity index (χ3n) is 11.5. The lowest BCUT2D eigenvalue weighted by atomic mass is 9.92. The van der Waals surface area contributed by atoms with Gasteiger partial charge in [0.15, 0.2) is 28.9 Å². The van der Waals surface area contributed by atoms with E-state index in [-0.39, 0.29) is 46.4 Å². The average Bonchev–Trinajstić information content (AvgIpc) is 3.89. The number of carboxylic acid groups (broad SMARTS) is 1. The van der Waals surface area contributed by atoms with Crippen LogP contribution in [0.25, 0.3) is 44.6 Å². The second-order valence-electron chi connectivity index (χ2n) is 16.0. The zero-order valence-electron chi connectivity index (χ0n) is 39.3. The summed E-state index contributed by atoms with van der Waals surface area (Å²) in [5, 5.41) is 31.8. The highest BCUT2D eigenvalue weighted by Gasteiger charge is 2.60. The van der Waals surface area contributed by atoms with Gasteiger partial charge in [0.25, 0.3) is 0 Å². The third-order valence-corrected chi connectivity index (χ3v) is 15.5. The molecule has 1 amide bonds. The summed E-state index contributed by atoms with van der Waals surface area (Å²) in [6.07, 6.45) is -5.41. The van der Waals surface area contributed by atoms with Gasteiger partial charge in [-0.1, -0.05) is 6.07 Å². The van der Waals surface area contributed by atoms with Crippen molar-refractivity contribution in [1.82, 2.24) is 34.7 Å². The van der Waals surface area contributed by atoms with E-state index in [1.54, 1.807) is 18.2 Å². The summed E-state index contributed by atoms with van der Waals surface area (Å²) in [7, 11) is -16.9. The van der Waals surface area contributed by atoms with Crippen LogP contribution in [0.1, 0.15) is 44.3 Å². The van der Waals surface area contributed by atoms with Gasteiger partial charge in [-0.25, -0.2) is 29.1 Å². The smallest absolute Gasteiger partial charge is 0.603 e. The lowest BCUT2D eigenvalue weighted by molar-refractivity contribution is -0.256. The number of thiocarbonyl (C=S) groups is 1. The summed E-state index contributed by atoms with van der Waals surface area (Å²) in [5.41, 5.74) is 9.91. The number of imidazole rings is 1. The largest absolute Gasteiger partial charge is 0.615 e. The molecule has 31 heteroatoms. The zero-order valence-corrected chi connectivity index (χ0v) is 42.8. The molecule has 0 radical (unpaired) electrons. The fraction of sp³-hybridized carbons (Fsp3) is 0.357. The maximum atomic E-state index is 13.2. The van der Waals surface area contributed by atoms with Crippen molar-refractivity contribution >= 4 is 93.2 Å². The minimum absolute atomic E-state index is 0.00923. The van der Waals surface area contributed by atoms with Crippen LogP contribution >= 0.6 is 36.7 Å². The van der Waals surface area contributed by atoms with E-state index < -0.39 is 67.7 Å². The number of nitrogens with two attached hydrogens (primary N) is 1. The number of nitrogens with one attached hydrogen (secondary N) is 3.